The zero-order chi connectivity index (χ0) is 18.1. The fourth-order valence-electron chi connectivity index (χ4n) is 5.16. The van der Waals surface area contributed by atoms with Gasteiger partial charge in [-0.25, -0.2) is 4.79 Å². The third kappa shape index (κ3) is 3.12. The molecule has 2 saturated heterocycles. The number of benzene rings is 1. The van der Waals surface area contributed by atoms with Gasteiger partial charge in [-0.3, -0.25) is 4.90 Å². The number of carbonyl (C=O) groups excluding carboxylic acids is 1. The Morgan fingerprint density at radius 1 is 1.23 bits per heavy atom. The number of urea groups is 1. The number of nitrogens with one attached hydrogen (secondary N) is 1. The van der Waals surface area contributed by atoms with Crippen LogP contribution in [0.1, 0.15) is 37.3 Å². The molecule has 0 radical (unpaired) electrons. The Balaban J connectivity index is 1.36. The molecule has 4 rings (SSSR count). The molecular formula is C21H31N3O2. The average molecular weight is 357 g/mol. The van der Waals surface area contributed by atoms with Crippen molar-refractivity contribution in [1.82, 2.24) is 15.1 Å². The Morgan fingerprint density at radius 3 is 2.73 bits per heavy atom. The van der Waals surface area contributed by atoms with E-state index in [0.29, 0.717) is 5.41 Å². The monoisotopic (exact) mass is 357 g/mol. The van der Waals surface area contributed by atoms with Crippen LogP contribution in [0.3, 0.4) is 0 Å². The fourth-order valence-corrected chi connectivity index (χ4v) is 5.16. The number of nitrogens with zero attached hydrogens (tertiary/aromatic N) is 2. The van der Waals surface area contributed by atoms with Gasteiger partial charge in [-0.05, 0) is 48.8 Å². The van der Waals surface area contributed by atoms with E-state index < -0.39 is 0 Å². The summed E-state index contributed by atoms with van der Waals surface area (Å²) in [5, 5.41) is 3.23. The first-order valence-corrected chi connectivity index (χ1v) is 10.0. The van der Waals surface area contributed by atoms with Gasteiger partial charge in [0.05, 0.1) is 12.1 Å². The highest BCUT2D eigenvalue weighted by molar-refractivity contribution is 5.75. The van der Waals surface area contributed by atoms with Crippen molar-refractivity contribution in [3.05, 3.63) is 35.4 Å². The van der Waals surface area contributed by atoms with Crippen molar-refractivity contribution in [2.45, 2.75) is 50.2 Å². The van der Waals surface area contributed by atoms with E-state index in [1.807, 2.05) is 4.90 Å². The Kier molecular flexibility index (Phi) is 4.93. The first-order valence-electron chi connectivity index (χ1n) is 10.0. The lowest BCUT2D eigenvalue weighted by molar-refractivity contribution is 0.0877. The second kappa shape index (κ2) is 7.20. The second-order valence-corrected chi connectivity index (χ2v) is 8.11. The molecule has 2 aliphatic heterocycles. The topological polar surface area (TPSA) is 44.8 Å². The molecule has 5 nitrogen and oxygen atoms in total. The SMILES string of the molecule is CCN1C[C@H](NC(=O)N2CCC3(CCc4ccccc43)CC2)[C@@H](OC)C1. The number of hydrogen-bond donors (Lipinski definition) is 1. The number of amides is 2. The molecule has 0 bridgehead atoms. The number of rotatable bonds is 3. The number of likely N-dealkylation sites (tertiary alicyclic amines) is 2. The highest BCUT2D eigenvalue weighted by atomic mass is 16.5. The minimum Gasteiger partial charge on any atom is -0.378 e. The predicted octanol–water partition coefficient (Wildman–Crippen LogP) is 2.40. The summed E-state index contributed by atoms with van der Waals surface area (Å²) in [6.07, 6.45) is 4.68. The maximum Gasteiger partial charge on any atom is 0.317 e. The summed E-state index contributed by atoms with van der Waals surface area (Å²) in [6.45, 7) is 6.63. The van der Waals surface area contributed by atoms with Crippen LogP contribution in [0.4, 0.5) is 4.79 Å². The average Bonchev–Trinajstić information content (AvgIpc) is 3.24. The lowest BCUT2D eigenvalue weighted by Crippen LogP contribution is -2.53. The lowest BCUT2D eigenvalue weighted by atomic mass is 9.74. The minimum atomic E-state index is 0.0798. The first kappa shape index (κ1) is 17.8. The highest BCUT2D eigenvalue weighted by Gasteiger charge is 2.42. The maximum absolute atomic E-state index is 12.8. The number of methoxy groups -OCH3 is 1. The molecule has 2 fully saturated rings. The van der Waals surface area contributed by atoms with Gasteiger partial charge in [0.25, 0.3) is 0 Å². The summed E-state index contributed by atoms with van der Waals surface area (Å²) < 4.78 is 5.58. The molecule has 2 amide bonds. The van der Waals surface area contributed by atoms with Crippen LogP contribution in [-0.2, 0) is 16.6 Å². The standard InChI is InChI=1S/C21H31N3O2/c1-3-23-14-18(19(15-23)26-2)22-20(25)24-12-10-21(11-13-24)9-8-16-6-4-5-7-17(16)21/h4-7,18-19H,3,8-15H2,1-2H3,(H,22,25)/t18-,19-/m0/s1. The van der Waals surface area contributed by atoms with Crippen LogP contribution in [0, 0.1) is 0 Å². The molecule has 0 aromatic heterocycles. The summed E-state index contributed by atoms with van der Waals surface area (Å²) in [4.78, 5) is 17.1. The first-order chi connectivity index (χ1) is 12.6. The molecule has 1 aliphatic carbocycles. The number of ether oxygens (including phenoxy) is 1. The van der Waals surface area contributed by atoms with Crippen molar-refractivity contribution < 1.29 is 9.53 Å². The Hall–Kier alpha value is -1.59. The molecule has 1 spiro atoms. The molecule has 0 saturated carbocycles. The van der Waals surface area contributed by atoms with Crippen LogP contribution in [0.5, 0.6) is 0 Å². The van der Waals surface area contributed by atoms with E-state index in [1.165, 1.54) is 24.0 Å². The molecule has 3 aliphatic rings. The van der Waals surface area contributed by atoms with Gasteiger partial charge in [-0.15, -0.1) is 0 Å². The summed E-state index contributed by atoms with van der Waals surface area (Å²) in [7, 11) is 1.74. The quantitative estimate of drug-likeness (QED) is 0.903. The van der Waals surface area contributed by atoms with E-state index in [4.69, 9.17) is 4.74 Å². The van der Waals surface area contributed by atoms with Crippen LogP contribution in [0.25, 0.3) is 0 Å². The van der Waals surface area contributed by atoms with Crippen molar-refractivity contribution in [2.24, 2.45) is 0 Å². The summed E-state index contributed by atoms with van der Waals surface area (Å²) >= 11 is 0. The van der Waals surface area contributed by atoms with Crippen molar-refractivity contribution in [1.29, 1.82) is 0 Å². The van der Waals surface area contributed by atoms with Crippen LogP contribution in [0.2, 0.25) is 0 Å². The van der Waals surface area contributed by atoms with Crippen molar-refractivity contribution in [2.75, 3.05) is 39.8 Å². The zero-order valence-electron chi connectivity index (χ0n) is 16.0. The maximum atomic E-state index is 12.8. The molecule has 1 aromatic rings. The number of carbonyl (C=O) groups is 1. The van der Waals surface area contributed by atoms with Crippen LogP contribution in [-0.4, -0.2) is 67.8 Å². The molecule has 142 valence electrons. The van der Waals surface area contributed by atoms with Gasteiger partial charge < -0.3 is 15.0 Å². The Bertz CT molecular complexity index is 654. The van der Waals surface area contributed by atoms with Crippen LogP contribution in [0.15, 0.2) is 24.3 Å². The smallest absolute Gasteiger partial charge is 0.317 e. The number of hydrogen-bond acceptors (Lipinski definition) is 3. The third-order valence-corrected chi connectivity index (χ3v) is 6.87. The molecular weight excluding hydrogens is 326 g/mol. The molecule has 5 heteroatoms. The largest absolute Gasteiger partial charge is 0.378 e. The summed E-state index contributed by atoms with van der Waals surface area (Å²) in [5.74, 6) is 0. The normalized spacial score (nSPS) is 27.7. The van der Waals surface area contributed by atoms with Gasteiger partial charge in [-0.1, -0.05) is 31.2 Å². The van der Waals surface area contributed by atoms with E-state index >= 15 is 0 Å². The molecule has 2 heterocycles. The summed E-state index contributed by atoms with van der Waals surface area (Å²) in [6, 6.07) is 9.06. The zero-order valence-corrected chi connectivity index (χ0v) is 16.0. The minimum absolute atomic E-state index is 0.0798. The van der Waals surface area contributed by atoms with Crippen LogP contribution >= 0.6 is 0 Å². The predicted molar refractivity (Wildman–Crippen MR) is 102 cm³/mol. The fraction of sp³-hybridized carbons (Fsp3) is 0.667. The Morgan fingerprint density at radius 2 is 2.00 bits per heavy atom. The number of aryl methyl sites for hydroxylation is 1. The lowest BCUT2D eigenvalue weighted by Gasteiger charge is -2.40. The van der Waals surface area contributed by atoms with Crippen molar-refractivity contribution in [3.8, 4) is 0 Å². The number of likely N-dealkylation sites (N-methyl/N-ethyl adjacent to an activating group) is 1. The van der Waals surface area contributed by atoms with Crippen LogP contribution < -0.4 is 5.32 Å². The van der Waals surface area contributed by atoms with Gasteiger partial charge in [0.2, 0.25) is 0 Å². The van der Waals surface area contributed by atoms with Gasteiger partial charge in [-0.2, -0.15) is 0 Å². The molecule has 26 heavy (non-hydrogen) atoms. The second-order valence-electron chi connectivity index (χ2n) is 8.11. The summed E-state index contributed by atoms with van der Waals surface area (Å²) in [5.41, 5.74) is 3.35. The van der Waals surface area contributed by atoms with Crippen molar-refractivity contribution in [3.63, 3.8) is 0 Å². The van der Waals surface area contributed by atoms with E-state index in [-0.39, 0.29) is 18.2 Å². The van der Waals surface area contributed by atoms with E-state index in [9.17, 15) is 4.79 Å². The van der Waals surface area contributed by atoms with Gasteiger partial charge >= 0.3 is 6.03 Å². The number of fused-ring (bicyclic) bond motifs is 2. The van der Waals surface area contributed by atoms with E-state index in [1.54, 1.807) is 7.11 Å². The van der Waals surface area contributed by atoms with Gasteiger partial charge in [0, 0.05) is 33.3 Å². The van der Waals surface area contributed by atoms with E-state index in [0.717, 1.165) is 45.6 Å². The number of piperidine rings is 1. The molecule has 1 aromatic carbocycles. The molecule has 0 unspecified atom stereocenters. The Labute approximate surface area is 156 Å². The third-order valence-electron chi connectivity index (χ3n) is 6.87. The van der Waals surface area contributed by atoms with Crippen molar-refractivity contribution >= 4 is 6.03 Å². The molecule has 2 atom stereocenters. The molecule has 1 N–H and O–H groups in total. The van der Waals surface area contributed by atoms with E-state index in [2.05, 4.69) is 41.4 Å². The highest BCUT2D eigenvalue weighted by Crippen LogP contribution is 2.46. The van der Waals surface area contributed by atoms with Gasteiger partial charge in [0.15, 0.2) is 0 Å². The van der Waals surface area contributed by atoms with Gasteiger partial charge in [0.1, 0.15) is 0 Å².